The lowest BCUT2D eigenvalue weighted by Crippen LogP contribution is -2.61. The molecule has 458 valence electrons. The Labute approximate surface area is 482 Å². The average molecular weight is 1120 g/mol. The van der Waals surface area contributed by atoms with Crippen molar-refractivity contribution in [2.24, 2.45) is 0 Å². The molecule has 1 rings (SSSR count). The van der Waals surface area contributed by atoms with E-state index in [4.69, 9.17) is 23.7 Å². The van der Waals surface area contributed by atoms with E-state index in [0.29, 0.717) is 19.3 Å². The molecule has 0 saturated carbocycles. The number of allylic oxidation sites excluding steroid dienone is 8. The Morgan fingerprint density at radius 2 is 0.797 bits per heavy atom. The number of aliphatic carboxylic acids is 1. The smallest absolute Gasteiger partial charge is 0.335 e. The minimum absolute atomic E-state index is 0.0604. The Morgan fingerprint density at radius 1 is 0.430 bits per heavy atom. The van der Waals surface area contributed by atoms with Gasteiger partial charge in [-0.1, -0.05) is 275 Å². The molecular weight excluding hydrogens is 997 g/mol. The fraction of sp³-hybridized carbons (Fsp3) is 0.821. The summed E-state index contributed by atoms with van der Waals surface area (Å²) in [4.78, 5) is 51.3. The molecule has 12 nitrogen and oxygen atoms in total. The van der Waals surface area contributed by atoms with E-state index >= 15 is 0 Å². The van der Waals surface area contributed by atoms with Gasteiger partial charge in [-0.2, -0.15) is 0 Å². The second-order valence-electron chi connectivity index (χ2n) is 22.4. The highest BCUT2D eigenvalue weighted by Crippen LogP contribution is 2.27. The number of carbonyl (C=O) groups is 4. The minimum Gasteiger partial charge on any atom is -0.479 e. The van der Waals surface area contributed by atoms with Crippen molar-refractivity contribution in [1.82, 2.24) is 0 Å². The first-order valence-corrected chi connectivity index (χ1v) is 32.6. The maximum absolute atomic E-state index is 13.2. The van der Waals surface area contributed by atoms with Gasteiger partial charge >= 0.3 is 23.9 Å². The number of carboxylic acids is 1. The van der Waals surface area contributed by atoms with E-state index < -0.39 is 67.3 Å². The Kier molecular flexibility index (Phi) is 51.5. The lowest BCUT2D eigenvalue weighted by molar-refractivity contribution is -0.301. The molecule has 0 aliphatic carbocycles. The van der Waals surface area contributed by atoms with E-state index in [-0.39, 0.29) is 25.9 Å². The highest BCUT2D eigenvalue weighted by molar-refractivity contribution is 5.74. The van der Waals surface area contributed by atoms with Crippen molar-refractivity contribution in [3.8, 4) is 0 Å². The Balaban J connectivity index is 2.66. The Morgan fingerprint density at radius 3 is 1.22 bits per heavy atom. The summed E-state index contributed by atoms with van der Waals surface area (Å²) in [5, 5.41) is 31.6. The van der Waals surface area contributed by atoms with Crippen LogP contribution in [0.2, 0.25) is 0 Å². The van der Waals surface area contributed by atoms with Crippen LogP contribution in [0.15, 0.2) is 48.6 Å². The van der Waals surface area contributed by atoms with Gasteiger partial charge in [0.25, 0.3) is 0 Å². The van der Waals surface area contributed by atoms with Crippen LogP contribution in [0.1, 0.15) is 303 Å². The van der Waals surface area contributed by atoms with E-state index in [1.807, 2.05) is 0 Å². The number of aliphatic hydroxyl groups is 2. The van der Waals surface area contributed by atoms with Crippen molar-refractivity contribution in [3.63, 3.8) is 0 Å². The highest BCUT2D eigenvalue weighted by Gasteiger charge is 2.50. The minimum atomic E-state index is -1.91. The largest absolute Gasteiger partial charge is 0.479 e. The van der Waals surface area contributed by atoms with Crippen LogP contribution in [-0.4, -0.2) is 89.2 Å². The van der Waals surface area contributed by atoms with Crippen molar-refractivity contribution in [1.29, 1.82) is 0 Å². The summed E-state index contributed by atoms with van der Waals surface area (Å²) < 4.78 is 28.5. The van der Waals surface area contributed by atoms with Crippen LogP contribution >= 0.6 is 0 Å². The standard InChI is InChI=1S/C67H118O12/c1-4-7-10-13-16-19-22-25-28-30-33-35-38-41-44-47-50-53-59(68)75-56-58(77-60(69)54-51-48-45-42-39-36-32-27-24-21-18-15-12-9-6-3)57-76-67-65(63(72)62(71)64(79-67)66(73)74)78-61(70)55-52-49-46-43-40-37-34-31-29-26-23-20-17-14-11-8-5-2/h9,12,18,21,27,32,39,42,58,62-65,67,71-72H,4-8,10-11,13-17,19-20,22-26,28-31,33-38,40-41,43-57H2,1-3H3,(H,73,74)/b12-9-,21-18-,32-27-,42-39-. The summed E-state index contributed by atoms with van der Waals surface area (Å²) in [6.07, 6.45) is 55.1. The second-order valence-corrected chi connectivity index (χ2v) is 22.4. The van der Waals surface area contributed by atoms with E-state index in [0.717, 1.165) is 83.5 Å². The van der Waals surface area contributed by atoms with Gasteiger partial charge in [-0.05, 0) is 57.8 Å². The summed E-state index contributed by atoms with van der Waals surface area (Å²) in [6, 6.07) is 0. The van der Waals surface area contributed by atoms with Crippen molar-refractivity contribution < 1.29 is 58.2 Å². The van der Waals surface area contributed by atoms with Gasteiger partial charge in [-0.25, -0.2) is 4.79 Å². The quantitative estimate of drug-likeness (QED) is 0.0228. The van der Waals surface area contributed by atoms with Crippen molar-refractivity contribution in [2.45, 2.75) is 340 Å². The fourth-order valence-electron chi connectivity index (χ4n) is 9.95. The third-order valence-electron chi connectivity index (χ3n) is 14.9. The molecule has 1 saturated heterocycles. The summed E-state index contributed by atoms with van der Waals surface area (Å²) >= 11 is 0. The maximum Gasteiger partial charge on any atom is 0.335 e. The van der Waals surface area contributed by atoms with E-state index in [2.05, 4.69) is 69.4 Å². The molecule has 1 heterocycles. The SMILES string of the molecule is CC/C=C\C/C=C\C/C=C\C/C=C\CCCCC(=O)OC(COC(=O)CCCCCCCCCCCCCCCCCCC)COC1OC(C(=O)O)C(O)C(O)C1OC(=O)CCCCCCCCCCCCCCCCCCC. The molecule has 79 heavy (non-hydrogen) atoms. The molecule has 6 unspecified atom stereocenters. The number of ether oxygens (including phenoxy) is 5. The second kappa shape index (κ2) is 55.2. The van der Waals surface area contributed by atoms with Gasteiger partial charge < -0.3 is 39.0 Å². The summed E-state index contributed by atoms with van der Waals surface area (Å²) in [6.45, 7) is 5.90. The van der Waals surface area contributed by atoms with Crippen LogP contribution in [0, 0.1) is 0 Å². The van der Waals surface area contributed by atoms with Gasteiger partial charge in [0.2, 0.25) is 0 Å². The molecule has 0 spiro atoms. The molecule has 3 N–H and O–H groups in total. The third kappa shape index (κ3) is 45.0. The van der Waals surface area contributed by atoms with Crippen LogP contribution in [0.3, 0.4) is 0 Å². The van der Waals surface area contributed by atoms with Crippen LogP contribution in [0.4, 0.5) is 0 Å². The first kappa shape index (κ1) is 73.7. The van der Waals surface area contributed by atoms with Gasteiger partial charge in [-0.3, -0.25) is 14.4 Å². The van der Waals surface area contributed by atoms with Gasteiger partial charge in [0.1, 0.15) is 18.8 Å². The number of hydrogen-bond acceptors (Lipinski definition) is 11. The van der Waals surface area contributed by atoms with E-state index in [9.17, 15) is 34.5 Å². The van der Waals surface area contributed by atoms with E-state index in [1.54, 1.807) is 0 Å². The average Bonchev–Trinajstić information content (AvgIpc) is 3.46. The number of rotatable bonds is 56. The van der Waals surface area contributed by atoms with Gasteiger partial charge in [0.15, 0.2) is 24.6 Å². The molecule has 0 bridgehead atoms. The normalized spacial score (nSPS) is 18.1. The molecule has 0 aromatic carbocycles. The zero-order chi connectivity index (χ0) is 57.5. The van der Waals surface area contributed by atoms with Gasteiger partial charge in [-0.15, -0.1) is 0 Å². The number of aliphatic hydroxyl groups excluding tert-OH is 2. The molecule has 1 aliphatic rings. The lowest BCUT2D eigenvalue weighted by Gasteiger charge is -2.40. The molecule has 0 amide bonds. The monoisotopic (exact) mass is 1110 g/mol. The summed E-state index contributed by atoms with van der Waals surface area (Å²) in [5.41, 5.74) is 0. The number of carbonyl (C=O) groups excluding carboxylic acids is 3. The lowest BCUT2D eigenvalue weighted by atomic mass is 9.98. The molecular formula is C67H118O12. The Bertz CT molecular complexity index is 1560. The van der Waals surface area contributed by atoms with Gasteiger partial charge in [0.05, 0.1) is 6.61 Å². The molecule has 1 fully saturated rings. The molecule has 1 aliphatic heterocycles. The van der Waals surface area contributed by atoms with Crippen LogP contribution in [0.25, 0.3) is 0 Å². The van der Waals surface area contributed by atoms with Gasteiger partial charge in [0, 0.05) is 19.3 Å². The van der Waals surface area contributed by atoms with E-state index in [1.165, 1.54) is 161 Å². The Hall–Kier alpha value is -3.32. The zero-order valence-corrected chi connectivity index (χ0v) is 50.6. The number of unbranched alkanes of at least 4 members (excludes halogenated alkanes) is 34. The predicted molar refractivity (Wildman–Crippen MR) is 322 cm³/mol. The van der Waals surface area contributed by atoms with Crippen LogP contribution < -0.4 is 0 Å². The predicted octanol–water partition coefficient (Wildman–Crippen LogP) is 17.3. The van der Waals surface area contributed by atoms with Crippen LogP contribution in [0.5, 0.6) is 0 Å². The number of hydrogen-bond donors (Lipinski definition) is 3. The molecule has 6 atom stereocenters. The maximum atomic E-state index is 13.2. The number of esters is 3. The number of carboxylic acid groups (broad SMARTS) is 1. The van der Waals surface area contributed by atoms with Crippen molar-refractivity contribution in [3.05, 3.63) is 48.6 Å². The molecule has 0 aromatic rings. The molecule has 0 aromatic heterocycles. The molecule has 0 radical (unpaired) electrons. The van der Waals surface area contributed by atoms with Crippen LogP contribution in [-0.2, 0) is 42.9 Å². The zero-order valence-electron chi connectivity index (χ0n) is 50.6. The highest BCUT2D eigenvalue weighted by atomic mass is 16.7. The first-order chi connectivity index (χ1) is 38.6. The first-order valence-electron chi connectivity index (χ1n) is 32.6. The third-order valence-corrected chi connectivity index (χ3v) is 14.9. The van der Waals surface area contributed by atoms with Crippen molar-refractivity contribution in [2.75, 3.05) is 13.2 Å². The van der Waals surface area contributed by atoms with Crippen molar-refractivity contribution >= 4 is 23.9 Å². The summed E-state index contributed by atoms with van der Waals surface area (Å²) in [7, 11) is 0. The molecule has 12 heteroatoms. The summed E-state index contributed by atoms with van der Waals surface area (Å²) in [5.74, 6) is -3.15. The fourth-order valence-corrected chi connectivity index (χ4v) is 9.95. The topological polar surface area (TPSA) is 175 Å².